The zero-order chi connectivity index (χ0) is 11.4. The van der Waals surface area contributed by atoms with E-state index in [9.17, 15) is 4.79 Å². The van der Waals surface area contributed by atoms with Gasteiger partial charge in [-0.25, -0.2) is 0 Å². The van der Waals surface area contributed by atoms with E-state index in [4.69, 9.17) is 11.5 Å². The summed E-state index contributed by atoms with van der Waals surface area (Å²) in [4.78, 5) is 11.2. The van der Waals surface area contributed by atoms with Crippen molar-refractivity contribution in [2.75, 3.05) is 26.2 Å². The van der Waals surface area contributed by atoms with Crippen LogP contribution in [-0.4, -0.2) is 32.0 Å². The molecule has 0 atom stereocenters. The minimum atomic E-state index is 0.349. The van der Waals surface area contributed by atoms with Crippen molar-refractivity contribution in [1.29, 1.82) is 0 Å². The van der Waals surface area contributed by atoms with Crippen molar-refractivity contribution >= 4 is 5.78 Å². The molecule has 0 aromatic heterocycles. The second-order valence-electron chi connectivity index (χ2n) is 3.78. The summed E-state index contributed by atoms with van der Waals surface area (Å²) in [6, 6.07) is 0. The Morgan fingerprint density at radius 3 is 2.13 bits per heavy atom. The van der Waals surface area contributed by atoms with E-state index in [1.165, 1.54) is 0 Å². The van der Waals surface area contributed by atoms with Gasteiger partial charge < -0.3 is 16.8 Å². The van der Waals surface area contributed by atoms with E-state index in [0.29, 0.717) is 25.2 Å². The first-order valence-corrected chi connectivity index (χ1v) is 5.93. The van der Waals surface area contributed by atoms with Gasteiger partial charge in [0.2, 0.25) is 0 Å². The summed E-state index contributed by atoms with van der Waals surface area (Å²) in [6.07, 6.45) is 5.26. The third kappa shape index (κ3) is 11.5. The molecule has 0 unspecified atom stereocenters. The number of nitrogens with two attached hydrogens (primary N) is 2. The molecule has 0 saturated heterocycles. The Morgan fingerprint density at radius 1 is 0.867 bits per heavy atom. The lowest BCUT2D eigenvalue weighted by Gasteiger charge is -2.03. The Morgan fingerprint density at radius 2 is 1.47 bits per heavy atom. The molecule has 4 nitrogen and oxygen atoms in total. The Labute approximate surface area is 92.8 Å². The highest BCUT2D eigenvalue weighted by atomic mass is 16.1. The number of carbonyl (C=O) groups is 1. The van der Waals surface area contributed by atoms with Crippen LogP contribution in [0.5, 0.6) is 0 Å². The van der Waals surface area contributed by atoms with Gasteiger partial charge in [-0.15, -0.1) is 0 Å². The molecule has 0 heterocycles. The number of nitrogens with one attached hydrogen (secondary N) is 1. The topological polar surface area (TPSA) is 81.1 Å². The van der Waals surface area contributed by atoms with Gasteiger partial charge in [0.15, 0.2) is 0 Å². The van der Waals surface area contributed by atoms with E-state index >= 15 is 0 Å². The number of hydrogen-bond acceptors (Lipinski definition) is 4. The molecule has 0 aliphatic carbocycles. The minimum absolute atomic E-state index is 0.349. The molecule has 0 saturated carbocycles. The predicted octanol–water partition coefficient (Wildman–Crippen LogP) is 0.403. The highest BCUT2D eigenvalue weighted by Crippen LogP contribution is 2.00. The molecule has 0 aliphatic heterocycles. The van der Waals surface area contributed by atoms with Crippen molar-refractivity contribution in [3.8, 4) is 0 Å². The molecule has 5 N–H and O–H groups in total. The molecule has 0 bridgehead atoms. The standard InChI is InChI=1S/C11H25N3O/c12-7-3-6-11(15)5-1-2-9-14-10-4-8-13/h14H,1-10,12-13H2. The molecular weight excluding hydrogens is 190 g/mol. The van der Waals surface area contributed by atoms with Gasteiger partial charge in [0, 0.05) is 12.8 Å². The summed E-state index contributed by atoms with van der Waals surface area (Å²) in [5.41, 5.74) is 10.7. The van der Waals surface area contributed by atoms with E-state index in [1.54, 1.807) is 0 Å². The highest BCUT2D eigenvalue weighted by Gasteiger charge is 2.00. The third-order valence-corrected chi connectivity index (χ3v) is 2.28. The number of unbranched alkanes of at least 4 members (excludes halogenated alkanes) is 1. The van der Waals surface area contributed by atoms with Crippen LogP contribution in [0.4, 0.5) is 0 Å². The number of hydrogen-bond donors (Lipinski definition) is 3. The summed E-state index contributed by atoms with van der Waals surface area (Å²) in [7, 11) is 0. The maximum absolute atomic E-state index is 11.2. The molecule has 0 spiro atoms. The van der Waals surface area contributed by atoms with Gasteiger partial charge in [-0.2, -0.15) is 0 Å². The first-order chi connectivity index (χ1) is 7.31. The van der Waals surface area contributed by atoms with E-state index in [-0.39, 0.29) is 0 Å². The van der Waals surface area contributed by atoms with E-state index < -0.39 is 0 Å². The zero-order valence-electron chi connectivity index (χ0n) is 9.63. The lowest BCUT2D eigenvalue weighted by Crippen LogP contribution is -2.19. The van der Waals surface area contributed by atoms with Crippen molar-refractivity contribution in [2.24, 2.45) is 11.5 Å². The molecule has 0 aliphatic rings. The van der Waals surface area contributed by atoms with Crippen molar-refractivity contribution in [2.45, 2.75) is 38.5 Å². The fourth-order valence-corrected chi connectivity index (χ4v) is 1.35. The average Bonchev–Trinajstić information content (AvgIpc) is 2.25. The van der Waals surface area contributed by atoms with Gasteiger partial charge in [0.25, 0.3) is 0 Å². The summed E-state index contributed by atoms with van der Waals surface area (Å²) in [5, 5.41) is 3.29. The first kappa shape index (κ1) is 14.6. The monoisotopic (exact) mass is 215 g/mol. The SMILES string of the molecule is NCCCNCCCCC(=O)CCCN. The second kappa shape index (κ2) is 11.6. The van der Waals surface area contributed by atoms with Gasteiger partial charge in [-0.05, 0) is 51.9 Å². The fraction of sp³-hybridized carbons (Fsp3) is 0.909. The van der Waals surface area contributed by atoms with Gasteiger partial charge >= 0.3 is 0 Å². The molecular formula is C11H25N3O. The molecule has 90 valence electrons. The number of ketones is 1. The Kier molecular flexibility index (Phi) is 11.3. The average molecular weight is 215 g/mol. The van der Waals surface area contributed by atoms with Crippen molar-refractivity contribution < 1.29 is 4.79 Å². The second-order valence-corrected chi connectivity index (χ2v) is 3.78. The summed E-state index contributed by atoms with van der Waals surface area (Å²) < 4.78 is 0. The van der Waals surface area contributed by atoms with Crippen molar-refractivity contribution in [1.82, 2.24) is 5.32 Å². The van der Waals surface area contributed by atoms with E-state index in [1.807, 2.05) is 0 Å². The normalized spacial score (nSPS) is 10.5. The summed E-state index contributed by atoms with van der Waals surface area (Å²) >= 11 is 0. The van der Waals surface area contributed by atoms with Crippen LogP contribution in [0.25, 0.3) is 0 Å². The summed E-state index contributed by atoms with van der Waals surface area (Å²) in [6.45, 7) is 3.33. The van der Waals surface area contributed by atoms with Crippen LogP contribution < -0.4 is 16.8 Å². The van der Waals surface area contributed by atoms with Gasteiger partial charge in [-0.3, -0.25) is 4.79 Å². The quantitative estimate of drug-likeness (QED) is 0.436. The molecule has 15 heavy (non-hydrogen) atoms. The van der Waals surface area contributed by atoms with Crippen LogP contribution in [0.15, 0.2) is 0 Å². The van der Waals surface area contributed by atoms with Crippen molar-refractivity contribution in [3.63, 3.8) is 0 Å². The van der Waals surface area contributed by atoms with Crippen LogP contribution in [0, 0.1) is 0 Å². The number of carbonyl (C=O) groups excluding carboxylic acids is 1. The maximum Gasteiger partial charge on any atom is 0.132 e. The maximum atomic E-state index is 11.2. The number of Topliss-reactive ketones (excluding diaryl/α,β-unsaturated/α-hetero) is 1. The third-order valence-electron chi connectivity index (χ3n) is 2.28. The van der Waals surface area contributed by atoms with Crippen LogP contribution in [-0.2, 0) is 4.79 Å². The van der Waals surface area contributed by atoms with Crippen LogP contribution in [0.2, 0.25) is 0 Å². The molecule has 0 fully saturated rings. The number of rotatable bonds is 11. The fourth-order valence-electron chi connectivity index (χ4n) is 1.35. The summed E-state index contributed by atoms with van der Waals surface area (Å²) in [5.74, 6) is 0.349. The van der Waals surface area contributed by atoms with E-state index in [0.717, 1.165) is 45.3 Å². The van der Waals surface area contributed by atoms with Crippen LogP contribution in [0.1, 0.15) is 38.5 Å². The molecule has 0 radical (unpaired) electrons. The first-order valence-electron chi connectivity index (χ1n) is 5.93. The largest absolute Gasteiger partial charge is 0.330 e. The van der Waals surface area contributed by atoms with E-state index in [2.05, 4.69) is 5.32 Å². The van der Waals surface area contributed by atoms with Gasteiger partial charge in [0.1, 0.15) is 5.78 Å². The van der Waals surface area contributed by atoms with Crippen LogP contribution in [0.3, 0.4) is 0 Å². The molecule has 0 amide bonds. The molecule has 4 heteroatoms. The predicted molar refractivity (Wildman–Crippen MR) is 63.7 cm³/mol. The Balaban J connectivity index is 3.06. The lowest BCUT2D eigenvalue weighted by atomic mass is 10.1. The molecule has 0 aromatic rings. The molecule has 0 rings (SSSR count). The molecule has 0 aromatic carbocycles. The smallest absolute Gasteiger partial charge is 0.132 e. The van der Waals surface area contributed by atoms with Crippen molar-refractivity contribution in [3.05, 3.63) is 0 Å². The highest BCUT2D eigenvalue weighted by molar-refractivity contribution is 5.78. The van der Waals surface area contributed by atoms with Crippen LogP contribution >= 0.6 is 0 Å². The van der Waals surface area contributed by atoms with Gasteiger partial charge in [0.05, 0.1) is 0 Å². The Hall–Kier alpha value is -0.450. The Bertz CT molecular complexity index is 151. The zero-order valence-corrected chi connectivity index (χ0v) is 9.63. The minimum Gasteiger partial charge on any atom is -0.330 e. The van der Waals surface area contributed by atoms with Gasteiger partial charge in [-0.1, -0.05) is 0 Å². The lowest BCUT2D eigenvalue weighted by molar-refractivity contribution is -0.119.